The summed E-state index contributed by atoms with van der Waals surface area (Å²) in [5, 5.41) is 11.1. The first-order valence-corrected chi connectivity index (χ1v) is 16.1. The van der Waals surface area contributed by atoms with Crippen LogP contribution in [0.1, 0.15) is 40.5 Å². The summed E-state index contributed by atoms with van der Waals surface area (Å²) >= 11 is 6.61. The van der Waals surface area contributed by atoms with E-state index in [1.807, 2.05) is 58.0 Å². The fraction of sp³-hybridized carbons (Fsp3) is 0.472. The lowest BCUT2D eigenvalue weighted by atomic mass is 9.62. The fourth-order valence-corrected chi connectivity index (χ4v) is 8.27. The molecule has 3 unspecified atom stereocenters. The van der Waals surface area contributed by atoms with Crippen molar-refractivity contribution in [3.8, 4) is 0 Å². The van der Waals surface area contributed by atoms with E-state index in [1.54, 1.807) is 41.3 Å². The molecule has 3 aliphatic rings. The lowest BCUT2D eigenvalue weighted by molar-refractivity contribution is -0.149. The van der Waals surface area contributed by atoms with Crippen LogP contribution < -0.4 is 9.80 Å². The summed E-state index contributed by atoms with van der Waals surface area (Å²) in [5.41, 5.74) is -1.11. The monoisotopic (exact) mass is 633 g/mol. The minimum atomic E-state index is -1.29. The molecule has 2 aromatic rings. The van der Waals surface area contributed by atoms with Crippen molar-refractivity contribution in [1.29, 1.82) is 0 Å². The number of fused-ring (bicyclic) bond motifs is 1. The summed E-state index contributed by atoms with van der Waals surface area (Å²) in [6, 6.07) is 14.6. The molecule has 0 radical (unpaired) electrons. The van der Waals surface area contributed by atoms with Crippen molar-refractivity contribution in [3.05, 3.63) is 84.9 Å². The zero-order valence-electron chi connectivity index (χ0n) is 26.6. The van der Waals surface area contributed by atoms with Crippen LogP contribution in [-0.2, 0) is 19.1 Å². The van der Waals surface area contributed by atoms with Gasteiger partial charge in [0.15, 0.2) is 0 Å². The van der Waals surface area contributed by atoms with Crippen molar-refractivity contribution in [1.82, 2.24) is 4.90 Å². The van der Waals surface area contributed by atoms with Gasteiger partial charge < -0.3 is 24.5 Å². The fourth-order valence-electron chi connectivity index (χ4n) is 8.03. The van der Waals surface area contributed by atoms with Crippen LogP contribution in [0.4, 0.5) is 11.4 Å². The summed E-state index contributed by atoms with van der Waals surface area (Å²) in [6.07, 6.45) is 4.16. The largest absolute Gasteiger partial charge is 0.394 e. The Morgan fingerprint density at radius 1 is 1.07 bits per heavy atom. The zero-order valence-corrected chi connectivity index (χ0v) is 27.3. The van der Waals surface area contributed by atoms with E-state index in [2.05, 4.69) is 13.2 Å². The number of para-hydroxylation sites is 2. The average Bonchev–Trinajstić information content (AvgIpc) is 3.54. The van der Waals surface area contributed by atoms with E-state index in [4.69, 9.17) is 16.3 Å². The predicted octanol–water partition coefficient (Wildman–Crippen LogP) is 5.50. The maximum atomic E-state index is 15.0. The molecule has 5 rings (SSSR count). The van der Waals surface area contributed by atoms with E-state index in [9.17, 15) is 19.5 Å². The Kier molecular flexibility index (Phi) is 9.32. The molecule has 3 aliphatic heterocycles. The van der Waals surface area contributed by atoms with E-state index in [0.717, 1.165) is 0 Å². The van der Waals surface area contributed by atoms with Crippen LogP contribution in [-0.4, -0.2) is 70.7 Å². The first-order valence-electron chi connectivity index (χ1n) is 15.7. The predicted molar refractivity (Wildman–Crippen MR) is 177 cm³/mol. The summed E-state index contributed by atoms with van der Waals surface area (Å²) in [5.74, 6) is -2.76. The van der Waals surface area contributed by atoms with E-state index in [0.29, 0.717) is 29.2 Å². The molecule has 0 aliphatic carbocycles. The summed E-state index contributed by atoms with van der Waals surface area (Å²) in [6.45, 7) is 15.8. The molecule has 2 bridgehead atoms. The van der Waals surface area contributed by atoms with Crippen LogP contribution in [0.15, 0.2) is 79.9 Å². The molecule has 3 heterocycles. The number of rotatable bonds is 12. The van der Waals surface area contributed by atoms with Gasteiger partial charge >= 0.3 is 0 Å². The Bertz CT molecular complexity index is 1470. The second-order valence-corrected chi connectivity index (χ2v) is 13.6. The Morgan fingerprint density at radius 3 is 2.29 bits per heavy atom. The highest BCUT2D eigenvalue weighted by molar-refractivity contribution is 6.34. The molecular formula is C36H44ClN3O5. The number of carbonyl (C=O) groups excluding carboxylic acids is 3. The molecule has 1 spiro atoms. The van der Waals surface area contributed by atoms with Crippen LogP contribution in [0.2, 0.25) is 5.02 Å². The third-order valence-corrected chi connectivity index (χ3v) is 10.3. The SMILES string of the molecule is C=CCN(C(=O)[C@@H]1[C@H]2C(=O)N([C@@H](CO)CC(C)C)C(C(=O)N(CC=C)c3ccccc3Cl)C23CC(C)[C@@]1(C)O3)c1ccccc1. The summed E-state index contributed by atoms with van der Waals surface area (Å²) in [7, 11) is 0. The molecular weight excluding hydrogens is 590 g/mol. The van der Waals surface area contributed by atoms with E-state index in [1.165, 1.54) is 9.80 Å². The smallest absolute Gasteiger partial charge is 0.253 e. The summed E-state index contributed by atoms with van der Waals surface area (Å²) < 4.78 is 6.99. The second kappa shape index (κ2) is 12.7. The van der Waals surface area contributed by atoms with Gasteiger partial charge in [0.2, 0.25) is 11.8 Å². The number of carbonyl (C=O) groups is 3. The van der Waals surface area contributed by atoms with Crippen LogP contribution in [0, 0.1) is 23.7 Å². The Morgan fingerprint density at radius 2 is 1.69 bits per heavy atom. The van der Waals surface area contributed by atoms with Gasteiger partial charge in [-0.25, -0.2) is 0 Å². The number of likely N-dealkylation sites (tertiary alicyclic amines) is 1. The number of aliphatic hydroxyl groups excluding tert-OH is 1. The molecule has 9 heteroatoms. The standard InChI is InChI=1S/C36H44ClN3O5/c1-7-18-38(25-14-10-9-11-15-25)32(42)29-30-33(43)40(26(22-41)20-23(3)4)31(36(30)21-24(5)35(29,6)45-36)34(44)39(19-8-2)28-17-13-12-16-27(28)37/h7-17,23-24,26,29-31,41H,1-2,18-22H2,3-6H3/t24?,26-,29+,30+,31?,35-,36?/m1/s1. The number of benzene rings is 2. The van der Waals surface area contributed by atoms with Crippen molar-refractivity contribution in [2.45, 2.75) is 63.8 Å². The van der Waals surface area contributed by atoms with Crippen LogP contribution in [0.3, 0.4) is 0 Å². The van der Waals surface area contributed by atoms with Gasteiger partial charge in [-0.1, -0.05) is 74.9 Å². The van der Waals surface area contributed by atoms with Gasteiger partial charge in [0.1, 0.15) is 11.6 Å². The number of anilines is 2. The van der Waals surface area contributed by atoms with Crippen LogP contribution in [0.5, 0.6) is 0 Å². The minimum absolute atomic E-state index is 0.128. The van der Waals surface area contributed by atoms with Gasteiger partial charge in [-0.15, -0.1) is 13.2 Å². The highest BCUT2D eigenvalue weighted by Crippen LogP contribution is 2.66. The Labute approximate surface area is 271 Å². The minimum Gasteiger partial charge on any atom is -0.394 e. The Balaban J connectivity index is 1.68. The lowest BCUT2D eigenvalue weighted by Crippen LogP contribution is -2.59. The molecule has 240 valence electrons. The van der Waals surface area contributed by atoms with Gasteiger partial charge in [-0.3, -0.25) is 14.4 Å². The molecule has 1 N–H and O–H groups in total. The highest BCUT2D eigenvalue weighted by Gasteiger charge is 2.80. The van der Waals surface area contributed by atoms with Crippen molar-refractivity contribution in [3.63, 3.8) is 0 Å². The molecule has 2 aromatic carbocycles. The van der Waals surface area contributed by atoms with E-state index in [-0.39, 0.29) is 49.3 Å². The third-order valence-electron chi connectivity index (χ3n) is 9.97. The zero-order chi connectivity index (χ0) is 32.7. The molecule has 0 saturated carbocycles. The van der Waals surface area contributed by atoms with Gasteiger partial charge in [-0.2, -0.15) is 0 Å². The van der Waals surface area contributed by atoms with Crippen molar-refractivity contribution < 1.29 is 24.2 Å². The molecule has 7 atom stereocenters. The highest BCUT2D eigenvalue weighted by atomic mass is 35.5. The number of halogens is 1. The number of ether oxygens (including phenoxy) is 1. The number of hydrogen-bond donors (Lipinski definition) is 1. The molecule has 3 amide bonds. The first kappa shape index (κ1) is 32.9. The van der Waals surface area contributed by atoms with Gasteiger partial charge in [-0.05, 0) is 55.9 Å². The first-order chi connectivity index (χ1) is 21.5. The normalized spacial score (nSPS) is 29.0. The topological polar surface area (TPSA) is 90.4 Å². The maximum absolute atomic E-state index is 15.0. The average molecular weight is 634 g/mol. The Hall–Kier alpha value is -3.46. The van der Waals surface area contributed by atoms with Crippen molar-refractivity contribution >= 4 is 40.7 Å². The number of hydrogen-bond acceptors (Lipinski definition) is 5. The van der Waals surface area contributed by atoms with E-state index < -0.39 is 35.1 Å². The van der Waals surface area contributed by atoms with E-state index >= 15 is 0 Å². The lowest BCUT2D eigenvalue weighted by Gasteiger charge is -2.40. The third kappa shape index (κ3) is 5.30. The summed E-state index contributed by atoms with van der Waals surface area (Å²) in [4.78, 5) is 49.3. The quantitative estimate of drug-likeness (QED) is 0.312. The van der Waals surface area contributed by atoms with Gasteiger partial charge in [0.25, 0.3) is 5.91 Å². The molecule has 45 heavy (non-hydrogen) atoms. The number of aliphatic hydroxyl groups is 1. The second-order valence-electron chi connectivity index (χ2n) is 13.2. The van der Waals surface area contributed by atoms with Crippen LogP contribution in [0.25, 0.3) is 0 Å². The molecule has 3 saturated heterocycles. The maximum Gasteiger partial charge on any atom is 0.253 e. The van der Waals surface area contributed by atoms with Crippen LogP contribution >= 0.6 is 11.6 Å². The van der Waals surface area contributed by atoms with Crippen molar-refractivity contribution in [2.75, 3.05) is 29.5 Å². The number of amides is 3. The van der Waals surface area contributed by atoms with Gasteiger partial charge in [0, 0.05) is 18.8 Å². The van der Waals surface area contributed by atoms with Gasteiger partial charge in [0.05, 0.1) is 40.8 Å². The number of nitrogens with zero attached hydrogens (tertiary/aromatic N) is 3. The molecule has 0 aromatic heterocycles. The van der Waals surface area contributed by atoms with Crippen molar-refractivity contribution in [2.24, 2.45) is 23.7 Å². The molecule has 8 nitrogen and oxygen atoms in total. The molecule has 3 fully saturated rings.